The minimum Gasteiger partial charge on any atom is -1.00 e. The summed E-state index contributed by atoms with van der Waals surface area (Å²) in [6.45, 7) is 5.36. The summed E-state index contributed by atoms with van der Waals surface area (Å²) in [6.07, 6.45) is 0. The fraction of sp³-hybridized carbons (Fsp3) is 0.800. The van der Waals surface area contributed by atoms with E-state index in [4.69, 9.17) is 5.73 Å². The van der Waals surface area contributed by atoms with Gasteiger partial charge in [0.15, 0.2) is 0 Å². The Morgan fingerprint density at radius 1 is 1.50 bits per heavy atom. The van der Waals surface area contributed by atoms with Crippen LogP contribution in [0.3, 0.4) is 0 Å². The molecule has 0 aromatic rings. The van der Waals surface area contributed by atoms with E-state index in [0.717, 1.165) is 0 Å². The quantitative estimate of drug-likeness (QED) is 0.347. The van der Waals surface area contributed by atoms with E-state index < -0.39 is 0 Å². The van der Waals surface area contributed by atoms with E-state index in [-0.39, 0.29) is 31.6 Å². The summed E-state index contributed by atoms with van der Waals surface area (Å²) in [5.74, 6) is -0.257. The van der Waals surface area contributed by atoms with Crippen LogP contribution in [-0.2, 0) is 4.79 Å². The fourth-order valence-electron chi connectivity index (χ4n) is 0. The summed E-state index contributed by atoms with van der Waals surface area (Å²) >= 11 is 0. The molecule has 8 heavy (non-hydrogen) atoms. The van der Waals surface area contributed by atoms with Gasteiger partial charge >= 0.3 is 18.9 Å². The summed E-state index contributed by atoms with van der Waals surface area (Å²) in [5.41, 5.74) is 4.57. The predicted molar refractivity (Wildman–Crippen MR) is 29.8 cm³/mol. The van der Waals surface area contributed by atoms with Crippen molar-refractivity contribution in [1.29, 1.82) is 0 Å². The number of carbonyl (C=O) groups is 1. The third kappa shape index (κ3) is 4.23. The average molecular weight is 109 g/mol. The smallest absolute Gasteiger partial charge is 1.00 e. The van der Waals surface area contributed by atoms with Crippen molar-refractivity contribution in [2.75, 3.05) is 0 Å². The minimum absolute atomic E-state index is 0. The van der Waals surface area contributed by atoms with Crippen LogP contribution in [-0.4, -0.2) is 5.91 Å². The molecule has 2 nitrogen and oxygen atoms in total. The Balaban J connectivity index is -0.000000180. The SMILES string of the molecule is CC(C)(C)C(N)=O.[H-].[Li+]. The molecule has 1 amide bonds. The second-order valence-corrected chi connectivity index (χ2v) is 2.61. The number of hydrogen-bond donors (Lipinski definition) is 1. The maximum Gasteiger partial charge on any atom is 1.00 e. The van der Waals surface area contributed by atoms with Gasteiger partial charge in [0.2, 0.25) is 5.91 Å². The first kappa shape index (κ1) is 10.9. The van der Waals surface area contributed by atoms with Gasteiger partial charge in [-0.15, -0.1) is 0 Å². The maximum atomic E-state index is 10.2. The van der Waals surface area contributed by atoms with Crippen molar-refractivity contribution in [2.24, 2.45) is 11.1 Å². The van der Waals surface area contributed by atoms with Crippen molar-refractivity contribution < 1.29 is 25.1 Å². The number of nitrogens with two attached hydrogens (primary N) is 1. The zero-order valence-electron chi connectivity index (χ0n) is 6.99. The molecule has 0 bridgehead atoms. The van der Waals surface area contributed by atoms with Crippen molar-refractivity contribution in [2.45, 2.75) is 20.8 Å². The third-order valence-corrected chi connectivity index (χ3v) is 0.739. The molecule has 44 valence electrons. The van der Waals surface area contributed by atoms with Crippen molar-refractivity contribution in [3.05, 3.63) is 0 Å². The Kier molecular flexibility index (Phi) is 4.33. The number of rotatable bonds is 0. The molecular formula is C5H12LiNO. The molecule has 0 aromatic heterocycles. The number of hydrogen-bond acceptors (Lipinski definition) is 1. The van der Waals surface area contributed by atoms with Gasteiger partial charge in [-0.25, -0.2) is 0 Å². The second-order valence-electron chi connectivity index (χ2n) is 2.61. The summed E-state index contributed by atoms with van der Waals surface area (Å²) in [4.78, 5) is 10.2. The second kappa shape index (κ2) is 3.16. The molecule has 0 aliphatic heterocycles. The molecule has 2 N–H and O–H groups in total. The molecule has 3 heteroatoms. The summed E-state index contributed by atoms with van der Waals surface area (Å²) in [5, 5.41) is 0. The van der Waals surface area contributed by atoms with Gasteiger partial charge in [-0.1, -0.05) is 20.8 Å². The molecule has 0 aliphatic rings. The zero-order valence-corrected chi connectivity index (χ0v) is 5.99. The van der Waals surface area contributed by atoms with Crippen molar-refractivity contribution in [3.8, 4) is 0 Å². The molecule has 0 unspecified atom stereocenters. The van der Waals surface area contributed by atoms with E-state index in [1.807, 2.05) is 0 Å². The standard InChI is InChI=1S/C5H11NO.Li.H/c1-5(2,3)4(6)7;;/h1-3H3,(H2,6,7);;/q;+1;-1. The van der Waals surface area contributed by atoms with Crippen molar-refractivity contribution >= 4 is 5.91 Å². The number of amides is 1. The van der Waals surface area contributed by atoms with Crippen LogP contribution in [0.2, 0.25) is 0 Å². The monoisotopic (exact) mass is 109 g/mol. The molecule has 0 aliphatic carbocycles. The van der Waals surface area contributed by atoms with E-state index in [9.17, 15) is 4.79 Å². The van der Waals surface area contributed by atoms with E-state index >= 15 is 0 Å². The fourth-order valence-corrected chi connectivity index (χ4v) is 0. The molecule has 0 rings (SSSR count). The van der Waals surface area contributed by atoms with Gasteiger partial charge in [0, 0.05) is 5.41 Å². The predicted octanol–water partition coefficient (Wildman–Crippen LogP) is -2.37. The molecular weight excluding hydrogens is 97.0 g/mol. The van der Waals surface area contributed by atoms with Gasteiger partial charge in [0.25, 0.3) is 0 Å². The Hall–Kier alpha value is 0.0674. The zero-order chi connectivity index (χ0) is 6.08. The van der Waals surface area contributed by atoms with Crippen LogP contribution in [0.4, 0.5) is 0 Å². The van der Waals surface area contributed by atoms with Crippen LogP contribution in [0.15, 0.2) is 0 Å². The molecule has 0 heterocycles. The van der Waals surface area contributed by atoms with Crippen LogP contribution >= 0.6 is 0 Å². The Labute approximate surface area is 63.5 Å². The first-order valence-electron chi connectivity index (χ1n) is 2.24. The molecule has 0 saturated carbocycles. The molecule has 0 spiro atoms. The van der Waals surface area contributed by atoms with Crippen LogP contribution < -0.4 is 24.6 Å². The van der Waals surface area contributed by atoms with Gasteiger partial charge in [0.05, 0.1) is 0 Å². The first-order chi connectivity index (χ1) is 2.94. The van der Waals surface area contributed by atoms with Crippen LogP contribution in [0, 0.1) is 5.41 Å². The van der Waals surface area contributed by atoms with Crippen LogP contribution in [0.5, 0.6) is 0 Å². The minimum atomic E-state index is -0.361. The maximum absolute atomic E-state index is 10.2. The Morgan fingerprint density at radius 3 is 1.62 bits per heavy atom. The Bertz CT molecular complexity index is 89.4. The van der Waals surface area contributed by atoms with E-state index in [0.29, 0.717) is 0 Å². The van der Waals surface area contributed by atoms with Crippen molar-refractivity contribution in [1.82, 2.24) is 0 Å². The van der Waals surface area contributed by atoms with E-state index in [1.165, 1.54) is 0 Å². The first-order valence-corrected chi connectivity index (χ1v) is 2.24. The average Bonchev–Trinajstić information content (AvgIpc) is 1.31. The topological polar surface area (TPSA) is 43.1 Å². The summed E-state index contributed by atoms with van der Waals surface area (Å²) < 4.78 is 0. The third-order valence-electron chi connectivity index (χ3n) is 0.739. The molecule has 0 radical (unpaired) electrons. The van der Waals surface area contributed by atoms with E-state index in [2.05, 4.69) is 0 Å². The van der Waals surface area contributed by atoms with Gasteiger partial charge in [0.1, 0.15) is 0 Å². The number of carbonyl (C=O) groups excluding carboxylic acids is 1. The molecule has 0 saturated heterocycles. The van der Waals surface area contributed by atoms with Crippen molar-refractivity contribution in [3.63, 3.8) is 0 Å². The Morgan fingerprint density at radius 2 is 1.62 bits per heavy atom. The van der Waals surface area contributed by atoms with Gasteiger partial charge in [-0.2, -0.15) is 0 Å². The summed E-state index contributed by atoms with van der Waals surface area (Å²) in [7, 11) is 0. The van der Waals surface area contributed by atoms with Crippen LogP contribution in [0.1, 0.15) is 22.2 Å². The van der Waals surface area contributed by atoms with E-state index in [1.54, 1.807) is 20.8 Å². The molecule has 0 aromatic carbocycles. The normalized spacial score (nSPS) is 9.88. The van der Waals surface area contributed by atoms with Crippen LogP contribution in [0.25, 0.3) is 0 Å². The largest absolute Gasteiger partial charge is 1.00 e. The van der Waals surface area contributed by atoms with Gasteiger partial charge in [-0.05, 0) is 0 Å². The molecule has 0 fully saturated rings. The van der Waals surface area contributed by atoms with Gasteiger partial charge in [-0.3, -0.25) is 4.79 Å². The van der Waals surface area contributed by atoms with Gasteiger partial charge < -0.3 is 7.16 Å². The molecule has 0 atom stereocenters. The number of primary amides is 1. The summed E-state index contributed by atoms with van der Waals surface area (Å²) in [6, 6.07) is 0.